The zero-order chi connectivity index (χ0) is 9.56. The second kappa shape index (κ2) is 5.84. The molecule has 0 radical (unpaired) electrons. The predicted octanol–water partition coefficient (Wildman–Crippen LogP) is -0.00930. The van der Waals surface area contributed by atoms with Crippen LogP contribution in [0.15, 0.2) is 0 Å². The molecule has 0 heterocycles. The van der Waals surface area contributed by atoms with Crippen LogP contribution in [0, 0.1) is 0 Å². The van der Waals surface area contributed by atoms with Gasteiger partial charge in [0.15, 0.2) is 0 Å². The summed E-state index contributed by atoms with van der Waals surface area (Å²) >= 11 is 0. The van der Waals surface area contributed by atoms with Gasteiger partial charge >= 0.3 is 5.97 Å². The molecule has 0 aromatic rings. The molecule has 1 atom stereocenters. The maximum Gasteiger partial charge on any atom is 0.320 e. The number of alkyl halides is 2. The van der Waals surface area contributed by atoms with Gasteiger partial charge in [-0.3, -0.25) is 10.1 Å². The van der Waals surface area contributed by atoms with Gasteiger partial charge < -0.3 is 10.8 Å². The van der Waals surface area contributed by atoms with E-state index in [0.717, 1.165) is 0 Å². The van der Waals surface area contributed by atoms with Crippen molar-refractivity contribution in [3.63, 3.8) is 0 Å². The zero-order valence-corrected chi connectivity index (χ0v) is 6.46. The van der Waals surface area contributed by atoms with Crippen LogP contribution in [0.1, 0.15) is 12.8 Å². The number of rotatable bonds is 6. The lowest BCUT2D eigenvalue weighted by Crippen LogP contribution is -2.31. The molecule has 12 heavy (non-hydrogen) atoms. The van der Waals surface area contributed by atoms with E-state index in [1.807, 2.05) is 5.32 Å². The summed E-state index contributed by atoms with van der Waals surface area (Å²) in [5.74, 6) is -1.10. The minimum atomic E-state index is -2.55. The normalized spacial score (nSPS) is 13.3. The Hall–Kier alpha value is -0.750. The second-order valence-corrected chi connectivity index (χ2v) is 2.34. The predicted molar refractivity (Wildman–Crippen MR) is 38.9 cm³/mol. The van der Waals surface area contributed by atoms with Gasteiger partial charge in [-0.2, -0.15) is 8.78 Å². The van der Waals surface area contributed by atoms with Crippen molar-refractivity contribution in [3.8, 4) is 0 Å². The summed E-state index contributed by atoms with van der Waals surface area (Å²) in [5, 5.41) is 10.2. The SMILES string of the molecule is NC(CCCNC(F)F)C(=O)O. The molecule has 4 nitrogen and oxygen atoms in total. The fourth-order valence-electron chi connectivity index (χ4n) is 0.657. The first-order valence-corrected chi connectivity index (χ1v) is 3.54. The average Bonchev–Trinajstić information content (AvgIpc) is 1.97. The van der Waals surface area contributed by atoms with E-state index in [4.69, 9.17) is 10.8 Å². The van der Waals surface area contributed by atoms with Gasteiger partial charge in [0.25, 0.3) is 6.55 Å². The number of carbonyl (C=O) groups is 1. The van der Waals surface area contributed by atoms with Gasteiger partial charge in [-0.1, -0.05) is 0 Å². The summed E-state index contributed by atoms with van der Waals surface area (Å²) in [6, 6.07) is -0.954. The van der Waals surface area contributed by atoms with Gasteiger partial charge in [-0.05, 0) is 12.8 Å². The number of hydrogen-bond acceptors (Lipinski definition) is 3. The molecule has 72 valence electrons. The third kappa shape index (κ3) is 5.99. The van der Waals surface area contributed by atoms with Crippen LogP contribution >= 0.6 is 0 Å². The number of carboxylic acid groups (broad SMARTS) is 1. The molecule has 0 bridgehead atoms. The van der Waals surface area contributed by atoms with Crippen molar-refractivity contribution < 1.29 is 18.7 Å². The molecule has 0 aromatic heterocycles. The van der Waals surface area contributed by atoms with Crippen molar-refractivity contribution in [1.29, 1.82) is 0 Å². The average molecular weight is 182 g/mol. The maximum absolute atomic E-state index is 11.5. The van der Waals surface area contributed by atoms with Crippen LogP contribution in [0.25, 0.3) is 0 Å². The molecule has 0 fully saturated rings. The van der Waals surface area contributed by atoms with Crippen LogP contribution in [-0.2, 0) is 4.79 Å². The molecule has 0 aliphatic carbocycles. The molecule has 0 saturated carbocycles. The molecule has 0 aliphatic rings. The minimum absolute atomic E-state index is 0.0820. The summed E-state index contributed by atoms with van der Waals surface area (Å²) in [6.45, 7) is -2.47. The number of nitrogens with one attached hydrogen (secondary N) is 1. The van der Waals surface area contributed by atoms with Crippen LogP contribution in [-0.4, -0.2) is 30.2 Å². The Balaban J connectivity index is 3.25. The lowest BCUT2D eigenvalue weighted by Gasteiger charge is -2.06. The topological polar surface area (TPSA) is 75.3 Å². The molecular weight excluding hydrogens is 170 g/mol. The van der Waals surface area contributed by atoms with Gasteiger partial charge in [-0.25, -0.2) is 0 Å². The largest absolute Gasteiger partial charge is 0.480 e. The van der Waals surface area contributed by atoms with Crippen molar-refractivity contribution in [3.05, 3.63) is 0 Å². The van der Waals surface area contributed by atoms with E-state index in [-0.39, 0.29) is 13.0 Å². The Morgan fingerprint density at radius 3 is 2.58 bits per heavy atom. The Morgan fingerprint density at radius 2 is 2.17 bits per heavy atom. The fraction of sp³-hybridized carbons (Fsp3) is 0.833. The van der Waals surface area contributed by atoms with E-state index >= 15 is 0 Å². The highest BCUT2D eigenvalue weighted by molar-refractivity contribution is 5.72. The standard InChI is InChI=1S/C6H12F2N2O2/c7-6(8)10-3-1-2-4(9)5(11)12/h4,6,10H,1-3,9H2,(H,11,12). The van der Waals surface area contributed by atoms with E-state index in [0.29, 0.717) is 6.42 Å². The summed E-state index contributed by atoms with van der Waals surface area (Å²) < 4.78 is 22.9. The second-order valence-electron chi connectivity index (χ2n) is 2.34. The van der Waals surface area contributed by atoms with Crippen molar-refractivity contribution in [1.82, 2.24) is 5.32 Å². The first-order chi connectivity index (χ1) is 5.54. The van der Waals surface area contributed by atoms with Crippen LogP contribution in [0.3, 0.4) is 0 Å². The molecular formula is C6H12F2N2O2. The van der Waals surface area contributed by atoms with Crippen LogP contribution in [0.2, 0.25) is 0 Å². The van der Waals surface area contributed by atoms with Gasteiger partial charge in [0.05, 0.1) is 0 Å². The third-order valence-electron chi connectivity index (χ3n) is 1.31. The molecule has 4 N–H and O–H groups in total. The summed E-state index contributed by atoms with van der Waals surface area (Å²) in [5.41, 5.74) is 5.12. The quantitative estimate of drug-likeness (QED) is 0.399. The molecule has 6 heteroatoms. The van der Waals surface area contributed by atoms with Crippen molar-refractivity contribution >= 4 is 5.97 Å². The van der Waals surface area contributed by atoms with Crippen molar-refractivity contribution in [2.75, 3.05) is 6.54 Å². The number of carboxylic acids is 1. The van der Waals surface area contributed by atoms with Crippen LogP contribution in [0.4, 0.5) is 8.78 Å². The van der Waals surface area contributed by atoms with Crippen LogP contribution < -0.4 is 11.1 Å². The zero-order valence-electron chi connectivity index (χ0n) is 6.46. The fourth-order valence-corrected chi connectivity index (χ4v) is 0.657. The molecule has 0 aliphatic heterocycles. The van der Waals surface area contributed by atoms with E-state index in [1.54, 1.807) is 0 Å². The smallest absolute Gasteiger partial charge is 0.320 e. The van der Waals surface area contributed by atoms with Gasteiger partial charge in [-0.15, -0.1) is 0 Å². The van der Waals surface area contributed by atoms with Gasteiger partial charge in [0.1, 0.15) is 6.04 Å². The molecule has 0 aromatic carbocycles. The highest BCUT2D eigenvalue weighted by Gasteiger charge is 2.10. The highest BCUT2D eigenvalue weighted by atomic mass is 19.3. The van der Waals surface area contributed by atoms with Gasteiger partial charge in [0, 0.05) is 6.54 Å². The molecule has 0 rings (SSSR count). The van der Waals surface area contributed by atoms with E-state index in [1.165, 1.54) is 0 Å². The lowest BCUT2D eigenvalue weighted by molar-refractivity contribution is -0.138. The number of halogens is 2. The summed E-state index contributed by atoms with van der Waals surface area (Å²) in [6.07, 6.45) is 0.535. The van der Waals surface area contributed by atoms with Crippen LogP contribution in [0.5, 0.6) is 0 Å². The monoisotopic (exact) mass is 182 g/mol. The first kappa shape index (κ1) is 11.2. The minimum Gasteiger partial charge on any atom is -0.480 e. The number of hydrogen-bond donors (Lipinski definition) is 3. The van der Waals surface area contributed by atoms with Crippen molar-refractivity contribution in [2.45, 2.75) is 25.4 Å². The Kier molecular flexibility index (Phi) is 5.48. The van der Waals surface area contributed by atoms with Gasteiger partial charge in [0.2, 0.25) is 0 Å². The first-order valence-electron chi connectivity index (χ1n) is 3.54. The molecule has 0 saturated heterocycles. The summed E-state index contributed by atoms with van der Waals surface area (Å²) in [4.78, 5) is 10.1. The van der Waals surface area contributed by atoms with E-state index in [2.05, 4.69) is 0 Å². The maximum atomic E-state index is 11.5. The Morgan fingerprint density at radius 1 is 1.58 bits per heavy atom. The van der Waals surface area contributed by atoms with E-state index < -0.39 is 18.6 Å². The van der Waals surface area contributed by atoms with Crippen molar-refractivity contribution in [2.24, 2.45) is 5.73 Å². The Bertz CT molecular complexity index is 144. The molecule has 0 amide bonds. The highest BCUT2D eigenvalue weighted by Crippen LogP contribution is 1.94. The number of nitrogens with two attached hydrogens (primary N) is 1. The van der Waals surface area contributed by atoms with E-state index in [9.17, 15) is 13.6 Å². The molecule has 1 unspecified atom stereocenters. The molecule has 0 spiro atoms. The third-order valence-corrected chi connectivity index (χ3v) is 1.31. The summed E-state index contributed by atoms with van der Waals surface area (Å²) in [7, 11) is 0. The number of aliphatic carboxylic acids is 1. The Labute approximate surface area is 68.7 Å². The lowest BCUT2D eigenvalue weighted by atomic mass is 10.2.